The number of thiophene rings is 1. The number of hydrogen-bond donors (Lipinski definition) is 2. The highest BCUT2D eigenvalue weighted by Gasteiger charge is 2.26. The lowest BCUT2D eigenvalue weighted by atomic mass is 10.1. The second kappa shape index (κ2) is 8.70. The summed E-state index contributed by atoms with van der Waals surface area (Å²) >= 11 is 1.04. The summed E-state index contributed by atoms with van der Waals surface area (Å²) in [7, 11) is 1.26. The molecule has 148 valence electrons. The summed E-state index contributed by atoms with van der Waals surface area (Å²) in [6.07, 6.45) is 0. The molecule has 2 amide bonds. The van der Waals surface area contributed by atoms with E-state index >= 15 is 0 Å². The Morgan fingerprint density at radius 3 is 2.17 bits per heavy atom. The van der Waals surface area contributed by atoms with Crippen molar-refractivity contribution < 1.29 is 19.1 Å². The molecule has 0 saturated heterocycles. The van der Waals surface area contributed by atoms with Crippen molar-refractivity contribution >= 4 is 39.8 Å². The van der Waals surface area contributed by atoms with E-state index in [-0.39, 0.29) is 22.4 Å². The van der Waals surface area contributed by atoms with Gasteiger partial charge in [0.1, 0.15) is 5.00 Å². The molecule has 0 saturated carbocycles. The van der Waals surface area contributed by atoms with Crippen LogP contribution in [0.3, 0.4) is 0 Å². The number of carbonyl (C=O) groups is 3. The largest absolute Gasteiger partial charge is 0.465 e. The van der Waals surface area contributed by atoms with E-state index in [0.717, 1.165) is 16.9 Å². The number of anilines is 2. The van der Waals surface area contributed by atoms with Crippen LogP contribution in [0.25, 0.3) is 0 Å². The molecular formula is C22H20N2O4S. The average Bonchev–Trinajstić information content (AvgIpc) is 3.05. The first-order chi connectivity index (χ1) is 13.9. The molecule has 0 spiro atoms. The number of esters is 1. The molecule has 6 nitrogen and oxygen atoms in total. The van der Waals surface area contributed by atoms with E-state index in [1.807, 2.05) is 25.1 Å². The maximum absolute atomic E-state index is 12.9. The summed E-state index contributed by atoms with van der Waals surface area (Å²) < 4.78 is 4.86. The zero-order valence-electron chi connectivity index (χ0n) is 16.2. The van der Waals surface area contributed by atoms with Crippen LogP contribution in [-0.4, -0.2) is 24.9 Å². The number of para-hydroxylation sites is 1. The number of hydrogen-bond acceptors (Lipinski definition) is 5. The minimum atomic E-state index is -0.614. The summed E-state index contributed by atoms with van der Waals surface area (Å²) in [6.45, 7) is 3.55. The van der Waals surface area contributed by atoms with Crippen LogP contribution in [0.2, 0.25) is 0 Å². The van der Waals surface area contributed by atoms with Gasteiger partial charge in [-0.3, -0.25) is 9.59 Å². The third-order valence-electron chi connectivity index (χ3n) is 4.40. The lowest BCUT2D eigenvalue weighted by Crippen LogP contribution is -2.14. The van der Waals surface area contributed by atoms with Crippen LogP contribution >= 0.6 is 11.3 Å². The Kier molecular flexibility index (Phi) is 6.09. The molecule has 0 atom stereocenters. The Balaban J connectivity index is 1.95. The van der Waals surface area contributed by atoms with Crippen molar-refractivity contribution in [2.45, 2.75) is 13.8 Å². The van der Waals surface area contributed by atoms with Gasteiger partial charge in [0.25, 0.3) is 11.8 Å². The highest BCUT2D eigenvalue weighted by atomic mass is 32.1. The van der Waals surface area contributed by atoms with Crippen molar-refractivity contribution in [2.24, 2.45) is 0 Å². The fourth-order valence-electron chi connectivity index (χ4n) is 2.82. The van der Waals surface area contributed by atoms with Gasteiger partial charge in [-0.2, -0.15) is 0 Å². The van der Waals surface area contributed by atoms with E-state index in [0.29, 0.717) is 21.7 Å². The third-order valence-corrected chi connectivity index (χ3v) is 5.60. The molecule has 0 bridgehead atoms. The number of carbonyl (C=O) groups excluding carboxylic acids is 3. The van der Waals surface area contributed by atoms with Crippen LogP contribution in [0, 0.1) is 13.8 Å². The van der Waals surface area contributed by atoms with E-state index in [9.17, 15) is 14.4 Å². The number of rotatable bonds is 5. The number of amides is 2. The van der Waals surface area contributed by atoms with Crippen LogP contribution in [0.15, 0.2) is 54.6 Å². The molecule has 0 aliphatic carbocycles. The van der Waals surface area contributed by atoms with Crippen molar-refractivity contribution in [3.05, 3.63) is 81.7 Å². The van der Waals surface area contributed by atoms with Crippen molar-refractivity contribution in [3.63, 3.8) is 0 Å². The van der Waals surface area contributed by atoms with Crippen molar-refractivity contribution in [2.75, 3.05) is 17.7 Å². The lowest BCUT2D eigenvalue weighted by Gasteiger charge is -2.07. The SMILES string of the molecule is COC(=O)c1c(NC(=O)c2ccccc2)sc(C(=O)Nc2ccccc2C)c1C. The zero-order chi connectivity index (χ0) is 21.0. The highest BCUT2D eigenvalue weighted by Crippen LogP contribution is 2.34. The predicted octanol–water partition coefficient (Wildman–Crippen LogP) is 4.66. The highest BCUT2D eigenvalue weighted by molar-refractivity contribution is 7.19. The van der Waals surface area contributed by atoms with E-state index in [1.165, 1.54) is 7.11 Å². The van der Waals surface area contributed by atoms with Gasteiger partial charge in [0.15, 0.2) is 0 Å². The quantitative estimate of drug-likeness (QED) is 0.602. The second-order valence-electron chi connectivity index (χ2n) is 6.34. The number of methoxy groups -OCH3 is 1. The van der Waals surface area contributed by atoms with Gasteiger partial charge in [-0.05, 0) is 43.2 Å². The Morgan fingerprint density at radius 2 is 1.52 bits per heavy atom. The van der Waals surface area contributed by atoms with E-state index in [2.05, 4.69) is 10.6 Å². The van der Waals surface area contributed by atoms with E-state index in [4.69, 9.17) is 4.74 Å². The molecule has 29 heavy (non-hydrogen) atoms. The topological polar surface area (TPSA) is 84.5 Å². The molecule has 1 aromatic heterocycles. The molecule has 2 aromatic carbocycles. The number of nitrogens with one attached hydrogen (secondary N) is 2. The summed E-state index contributed by atoms with van der Waals surface area (Å²) in [6, 6.07) is 16.0. The summed E-state index contributed by atoms with van der Waals surface area (Å²) in [5.74, 6) is -1.34. The molecule has 0 unspecified atom stereocenters. The molecule has 0 fully saturated rings. The van der Waals surface area contributed by atoms with Gasteiger partial charge in [0.2, 0.25) is 0 Å². The Bertz CT molecular complexity index is 1070. The smallest absolute Gasteiger partial charge is 0.341 e. The van der Waals surface area contributed by atoms with Gasteiger partial charge in [-0.25, -0.2) is 4.79 Å². The summed E-state index contributed by atoms with van der Waals surface area (Å²) in [4.78, 5) is 38.1. The van der Waals surface area contributed by atoms with Gasteiger partial charge in [-0.15, -0.1) is 11.3 Å². The molecule has 7 heteroatoms. The lowest BCUT2D eigenvalue weighted by molar-refractivity contribution is 0.0601. The summed E-state index contributed by atoms with van der Waals surface area (Å²) in [5, 5.41) is 5.86. The molecular weight excluding hydrogens is 388 g/mol. The van der Waals surface area contributed by atoms with Gasteiger partial charge in [0.05, 0.1) is 17.6 Å². The Labute approximate surface area is 172 Å². The van der Waals surface area contributed by atoms with Crippen LogP contribution in [0.4, 0.5) is 10.7 Å². The number of benzene rings is 2. The number of aryl methyl sites for hydroxylation is 1. The van der Waals surface area contributed by atoms with Crippen molar-refractivity contribution in [1.29, 1.82) is 0 Å². The van der Waals surface area contributed by atoms with Crippen LogP contribution < -0.4 is 10.6 Å². The molecule has 3 aromatic rings. The minimum absolute atomic E-state index is 0.178. The first-order valence-corrected chi connectivity index (χ1v) is 9.69. The average molecular weight is 408 g/mol. The van der Waals surface area contributed by atoms with Crippen LogP contribution in [-0.2, 0) is 4.74 Å². The molecule has 1 heterocycles. The first-order valence-electron chi connectivity index (χ1n) is 8.87. The Morgan fingerprint density at radius 1 is 0.862 bits per heavy atom. The maximum Gasteiger partial charge on any atom is 0.341 e. The minimum Gasteiger partial charge on any atom is -0.465 e. The molecule has 3 rings (SSSR count). The fraction of sp³-hybridized carbons (Fsp3) is 0.136. The normalized spacial score (nSPS) is 10.3. The molecule has 0 aliphatic heterocycles. The second-order valence-corrected chi connectivity index (χ2v) is 7.36. The van der Waals surface area contributed by atoms with E-state index in [1.54, 1.807) is 43.3 Å². The van der Waals surface area contributed by atoms with Gasteiger partial charge < -0.3 is 15.4 Å². The van der Waals surface area contributed by atoms with Crippen molar-refractivity contribution in [3.8, 4) is 0 Å². The van der Waals surface area contributed by atoms with Gasteiger partial charge in [-0.1, -0.05) is 36.4 Å². The van der Waals surface area contributed by atoms with Crippen molar-refractivity contribution in [1.82, 2.24) is 0 Å². The van der Waals surface area contributed by atoms with Gasteiger partial charge in [0, 0.05) is 11.3 Å². The molecule has 2 N–H and O–H groups in total. The first kappa shape index (κ1) is 20.3. The number of ether oxygens (including phenoxy) is 1. The maximum atomic E-state index is 12.9. The third kappa shape index (κ3) is 4.35. The predicted molar refractivity (Wildman–Crippen MR) is 114 cm³/mol. The van der Waals surface area contributed by atoms with Gasteiger partial charge >= 0.3 is 5.97 Å². The summed E-state index contributed by atoms with van der Waals surface area (Å²) in [5.41, 5.74) is 2.67. The molecule has 0 radical (unpaired) electrons. The monoisotopic (exact) mass is 408 g/mol. The van der Waals surface area contributed by atoms with Crippen LogP contribution in [0.1, 0.15) is 41.5 Å². The zero-order valence-corrected chi connectivity index (χ0v) is 17.1. The van der Waals surface area contributed by atoms with E-state index < -0.39 is 5.97 Å². The Hall–Kier alpha value is -3.45. The standard InChI is InChI=1S/C22H20N2O4S/c1-13-9-7-8-12-16(13)23-20(26)18-14(2)17(22(27)28-3)21(29-18)24-19(25)15-10-5-4-6-11-15/h4-12H,1-3H3,(H,23,26)(H,24,25). The van der Waals surface area contributed by atoms with Crippen LogP contribution in [0.5, 0.6) is 0 Å². The fourth-order valence-corrected chi connectivity index (χ4v) is 3.91. The molecule has 0 aliphatic rings.